The van der Waals surface area contributed by atoms with E-state index in [4.69, 9.17) is 0 Å². The van der Waals surface area contributed by atoms with E-state index in [1.165, 1.54) is 0 Å². The third-order valence-corrected chi connectivity index (χ3v) is 0. The van der Waals surface area contributed by atoms with Gasteiger partial charge in [-0.2, -0.15) is 0 Å². The smallest absolute Gasteiger partial charge is 0 e. The van der Waals surface area contributed by atoms with E-state index >= 15 is 0 Å². The summed E-state index contributed by atoms with van der Waals surface area (Å²) < 4.78 is 0. The zero-order valence-electron chi connectivity index (χ0n) is 6.04. The second kappa shape index (κ2) is 10700. The summed E-state index contributed by atoms with van der Waals surface area (Å²) in [6, 6.07) is 0. The molecule has 0 saturated heterocycles. The number of quaternary nitrogens is 2. The minimum atomic E-state index is 0. The van der Waals surface area contributed by atoms with Crippen LogP contribution in [0.25, 0.3) is 0 Å². The van der Waals surface area contributed by atoms with Crippen molar-refractivity contribution in [1.29, 1.82) is 0 Å². The molecule has 0 unspecified atom stereocenters. The van der Waals surface area contributed by atoms with Crippen LogP contribution < -0.4 is 12.3 Å². The second-order valence-electron chi connectivity index (χ2n) is 0. The van der Waals surface area contributed by atoms with Crippen LogP contribution >= 0.6 is 0 Å². The molecule has 10 nitrogen and oxygen atoms in total. The Kier molecular flexibility index (Phi) is 14000000. The average molecular weight is 268 g/mol. The van der Waals surface area contributed by atoms with Gasteiger partial charge in [-0.15, -0.1) is 0 Å². The summed E-state index contributed by atoms with van der Waals surface area (Å²) in [4.78, 5) is 0. The van der Waals surface area contributed by atoms with E-state index in [0.717, 1.165) is 0 Å². The summed E-state index contributed by atoms with van der Waals surface area (Å²) >= 11 is 0. The van der Waals surface area contributed by atoms with Gasteiger partial charge in [0.05, 0.1) is 0 Å². The third-order valence-electron chi connectivity index (χ3n) is 0. The Labute approximate surface area is 77.9 Å². The Hall–Kier alpha value is 0.288. The van der Waals surface area contributed by atoms with Gasteiger partial charge in [0.2, 0.25) is 0 Å². The van der Waals surface area contributed by atoms with Gasteiger partial charge < -0.3 is 56.1 Å². The largest absolute Gasteiger partial charge is 2.00 e. The van der Waals surface area contributed by atoms with Gasteiger partial charge >= 0.3 is 0 Å². The van der Waals surface area contributed by atoms with Gasteiger partial charge in [0.15, 0.2) is 0 Å². The van der Waals surface area contributed by atoms with Crippen LogP contribution in [-0.2, 0) is 43.0 Å². The van der Waals surface area contributed by atoms with Crippen LogP contribution in [0.3, 0.4) is 0 Å². The Morgan fingerprint density at radius 2 is 0.364 bits per heavy atom. The Morgan fingerprint density at radius 1 is 0.364 bits per heavy atom. The molecule has 0 aromatic heterocycles. The van der Waals surface area contributed by atoms with Crippen molar-refractivity contribution in [3.05, 3.63) is 0 Å². The van der Waals surface area contributed by atoms with Gasteiger partial charge in [0, 0.05) is 21.1 Å². The minimum absolute atomic E-state index is 0. The van der Waals surface area contributed by atoms with Crippen molar-refractivity contribution < 1.29 is 64.9 Å². The molecule has 0 heterocycles. The topological polar surface area (TPSA) is 313 Å². The third kappa shape index (κ3) is 8500. The molecule has 0 rings (SSSR count). The van der Waals surface area contributed by atoms with Gasteiger partial charge in [-0.25, -0.2) is 0 Å². The Balaban J connectivity index is 0. The molecule has 0 aliphatic heterocycles. The van der Waals surface area contributed by atoms with E-state index in [-0.39, 0.29) is 77.2 Å². The predicted octanol–water partition coefficient (Wildman–Crippen LogP) is -3.02. The molecule has 0 aromatic carbocycles. The molecule has 0 bridgehead atoms. The molecule has 0 atom stereocenters. The first-order chi connectivity index (χ1) is 0. The van der Waals surface area contributed by atoms with Crippen molar-refractivity contribution in [1.82, 2.24) is 12.3 Å². The van der Waals surface area contributed by atoms with Crippen LogP contribution in [0.5, 0.6) is 0 Å². The summed E-state index contributed by atoms with van der Waals surface area (Å²) in [5.74, 6) is 0. The fourth-order valence-electron chi connectivity index (χ4n) is 0. The second-order valence-corrected chi connectivity index (χ2v) is 0. The molecule has 0 saturated carbocycles. The van der Waals surface area contributed by atoms with Crippen LogP contribution in [0.2, 0.25) is 0 Å². The molecule has 0 aromatic rings. The summed E-state index contributed by atoms with van der Waals surface area (Å²) in [5, 5.41) is 0. The molecule has 0 fully saturated rings. The molecule has 0 amide bonds. The monoisotopic (exact) mass is 270 g/mol. The maximum Gasteiger partial charge on any atom is 0 e. The molecular weight excluding hydrogens is 252 g/mol. The quantitative estimate of drug-likeness (QED) is 0.413. The molecule has 16 N–H and O–H groups in total. The van der Waals surface area contributed by atoms with Crippen LogP contribution in [0.1, 0.15) is 0 Å². The number of hydrogen-bond acceptors (Lipinski definition) is 0. The van der Waals surface area contributed by atoms with Crippen LogP contribution in [0, 0.1) is 0 Å². The Bertz CT molecular complexity index is 12.1. The van der Waals surface area contributed by atoms with Crippen molar-refractivity contribution in [3.63, 3.8) is 0 Å². The van der Waals surface area contributed by atoms with E-state index < -0.39 is 0 Å². The summed E-state index contributed by atoms with van der Waals surface area (Å²) in [5.41, 5.74) is 0. The first-order valence-electron chi connectivity index (χ1n) is 0. The molecule has 0 spiro atoms. The molecule has 0 aliphatic carbocycles. The van der Waals surface area contributed by atoms with Gasteiger partial charge in [0.25, 0.3) is 0 Å². The summed E-state index contributed by atoms with van der Waals surface area (Å²) in [7, 11) is 0. The first kappa shape index (κ1) is 14400. The predicted molar refractivity (Wildman–Crippen MR) is 29.2 cm³/mol. The van der Waals surface area contributed by atoms with Crippen LogP contribution in [0.15, 0.2) is 0 Å². The number of rotatable bonds is 0. The van der Waals surface area contributed by atoms with E-state index in [1.807, 2.05) is 0 Å². The zero-order valence-corrected chi connectivity index (χ0v) is 8.05. The normalized spacial score (nSPS) is 0. The SMILES string of the molecule is O.O.O.O.[Mo].[NH4+].[NH4+].[O-2].[O-2].[O-2].[O-2]. The van der Waals surface area contributed by atoms with E-state index in [0.29, 0.717) is 0 Å². The first-order valence-corrected chi connectivity index (χ1v) is 0. The maximum absolute atomic E-state index is 0. The average Bonchev–Trinajstić information content (AvgIpc) is 0. The Morgan fingerprint density at radius 3 is 0.364 bits per heavy atom. The van der Waals surface area contributed by atoms with Gasteiger partial charge in [-0.05, 0) is 0 Å². The molecule has 86 valence electrons. The maximum atomic E-state index is 0. The van der Waals surface area contributed by atoms with Crippen molar-refractivity contribution in [2.45, 2.75) is 0 Å². The molecular formula is H16MoN2O8-6. The van der Waals surface area contributed by atoms with Gasteiger partial charge in [-0.3, -0.25) is 0 Å². The van der Waals surface area contributed by atoms with E-state index in [9.17, 15) is 0 Å². The van der Waals surface area contributed by atoms with E-state index in [2.05, 4.69) is 0 Å². The van der Waals surface area contributed by atoms with Gasteiger partial charge in [0.1, 0.15) is 0 Å². The zero-order chi connectivity index (χ0) is 0. The molecule has 0 aliphatic rings. The fourth-order valence-corrected chi connectivity index (χ4v) is 0. The number of hydrogen-bond donors (Lipinski definition) is 2. The van der Waals surface area contributed by atoms with Crippen LogP contribution in [-0.4, -0.2) is 21.9 Å². The van der Waals surface area contributed by atoms with Gasteiger partial charge in [-0.1, -0.05) is 0 Å². The van der Waals surface area contributed by atoms with Crippen LogP contribution in [0.4, 0.5) is 0 Å². The van der Waals surface area contributed by atoms with Crippen molar-refractivity contribution >= 4 is 0 Å². The van der Waals surface area contributed by atoms with E-state index in [1.54, 1.807) is 0 Å². The van der Waals surface area contributed by atoms with Crippen molar-refractivity contribution in [3.8, 4) is 0 Å². The summed E-state index contributed by atoms with van der Waals surface area (Å²) in [6.45, 7) is 0. The van der Waals surface area contributed by atoms with Crippen molar-refractivity contribution in [2.24, 2.45) is 0 Å². The standard InChI is InChI=1S/Mo.2H3N.4H2O.4O/h;2*1H3;4*1H2;;;;/q;;;;;;;4*-2/p+2. The van der Waals surface area contributed by atoms with Crippen molar-refractivity contribution in [2.75, 3.05) is 0 Å². The molecule has 11 heavy (non-hydrogen) atoms. The minimum Gasteiger partial charge on any atom is -2.00 e. The molecule has 11 heteroatoms. The fraction of sp³-hybridized carbons (Fsp3) is 0. The molecule has 0 radical (unpaired) electrons. The summed E-state index contributed by atoms with van der Waals surface area (Å²) in [6.07, 6.45) is 0.